The van der Waals surface area contributed by atoms with Gasteiger partial charge in [-0.05, 0) is 57.9 Å². The Morgan fingerprint density at radius 3 is 2.68 bits per heavy atom. The Hall–Kier alpha value is -3.88. The van der Waals surface area contributed by atoms with Crippen LogP contribution in [-0.2, 0) is 4.74 Å². The molecule has 0 spiro atoms. The van der Waals surface area contributed by atoms with Gasteiger partial charge in [0.05, 0.1) is 28.4 Å². The maximum atomic E-state index is 12.1. The van der Waals surface area contributed by atoms with Crippen LogP contribution in [0.5, 0.6) is 5.75 Å². The molecule has 2 aromatic heterocycles. The van der Waals surface area contributed by atoms with E-state index < -0.39 is 5.60 Å². The number of carbonyl (C=O) groups excluding carboxylic acids is 1. The topological polar surface area (TPSA) is 105 Å². The fraction of sp³-hybridized carbons (Fsp3) is 0.360. The molecule has 9 nitrogen and oxygen atoms in total. The third kappa shape index (κ3) is 4.46. The van der Waals surface area contributed by atoms with Crippen molar-refractivity contribution >= 4 is 33.8 Å². The lowest BCUT2D eigenvalue weighted by Crippen LogP contribution is -2.46. The molecule has 0 saturated carbocycles. The van der Waals surface area contributed by atoms with Crippen molar-refractivity contribution in [2.24, 2.45) is 0 Å². The minimum absolute atomic E-state index is 0.0800. The van der Waals surface area contributed by atoms with Gasteiger partial charge in [-0.2, -0.15) is 0 Å². The monoisotopic (exact) mass is 460 g/mol. The SMILES string of the molecule is CC(C)(C)OC(=O)NC1CCN(c2cccc3ncc(-n4cnc5cc(O)ccc54)nc23)CC1. The Kier molecular flexibility index (Phi) is 5.47. The molecule has 0 atom stereocenters. The quantitative estimate of drug-likeness (QED) is 0.473. The molecular weight excluding hydrogens is 432 g/mol. The van der Waals surface area contributed by atoms with Gasteiger partial charge in [0.1, 0.15) is 23.2 Å². The second-order valence-electron chi connectivity index (χ2n) is 9.57. The number of imidazole rings is 1. The van der Waals surface area contributed by atoms with E-state index in [0.717, 1.165) is 48.2 Å². The molecule has 1 saturated heterocycles. The number of phenolic OH excluding ortho intramolecular Hbond substituents is 1. The van der Waals surface area contributed by atoms with Gasteiger partial charge in [-0.1, -0.05) is 6.07 Å². The van der Waals surface area contributed by atoms with Crippen LogP contribution in [0.1, 0.15) is 33.6 Å². The predicted molar refractivity (Wildman–Crippen MR) is 130 cm³/mol. The number of phenols is 1. The highest BCUT2D eigenvalue weighted by Crippen LogP contribution is 2.29. The van der Waals surface area contributed by atoms with Crippen LogP contribution in [0.15, 0.2) is 48.9 Å². The summed E-state index contributed by atoms with van der Waals surface area (Å²) in [5, 5.41) is 12.7. The normalized spacial score (nSPS) is 15.1. The number of nitrogens with zero attached hydrogens (tertiary/aromatic N) is 5. The van der Waals surface area contributed by atoms with E-state index in [1.54, 1.807) is 24.7 Å². The first-order chi connectivity index (χ1) is 16.3. The van der Waals surface area contributed by atoms with Crippen LogP contribution in [0.2, 0.25) is 0 Å². The van der Waals surface area contributed by atoms with Crippen molar-refractivity contribution in [3.05, 3.63) is 48.9 Å². The Morgan fingerprint density at radius 2 is 1.91 bits per heavy atom. The number of nitrogens with one attached hydrogen (secondary N) is 1. The highest BCUT2D eigenvalue weighted by molar-refractivity contribution is 5.89. The zero-order chi connectivity index (χ0) is 23.9. The Morgan fingerprint density at radius 1 is 1.12 bits per heavy atom. The molecule has 176 valence electrons. The molecule has 3 heterocycles. The first kappa shape index (κ1) is 21.9. The van der Waals surface area contributed by atoms with E-state index in [-0.39, 0.29) is 17.9 Å². The molecule has 0 aliphatic carbocycles. The molecular formula is C25H28N6O3. The van der Waals surface area contributed by atoms with Crippen molar-refractivity contribution in [2.45, 2.75) is 45.3 Å². The van der Waals surface area contributed by atoms with Gasteiger partial charge in [-0.25, -0.2) is 14.8 Å². The zero-order valence-corrected chi connectivity index (χ0v) is 19.5. The predicted octanol–water partition coefficient (Wildman–Crippen LogP) is 4.17. The molecule has 1 fully saturated rings. The van der Waals surface area contributed by atoms with E-state index in [4.69, 9.17) is 9.72 Å². The van der Waals surface area contributed by atoms with Crippen molar-refractivity contribution in [2.75, 3.05) is 18.0 Å². The van der Waals surface area contributed by atoms with E-state index in [0.29, 0.717) is 11.3 Å². The number of aromatic hydroxyl groups is 1. The zero-order valence-electron chi connectivity index (χ0n) is 19.5. The molecule has 1 amide bonds. The van der Waals surface area contributed by atoms with E-state index in [1.165, 1.54) is 0 Å². The van der Waals surface area contributed by atoms with Crippen molar-refractivity contribution in [3.8, 4) is 11.6 Å². The summed E-state index contributed by atoms with van der Waals surface area (Å²) in [7, 11) is 0. The van der Waals surface area contributed by atoms with Crippen molar-refractivity contribution < 1.29 is 14.6 Å². The van der Waals surface area contributed by atoms with E-state index in [1.807, 2.05) is 43.5 Å². The second kappa shape index (κ2) is 8.48. The minimum Gasteiger partial charge on any atom is -0.508 e. The van der Waals surface area contributed by atoms with Crippen molar-refractivity contribution in [1.29, 1.82) is 0 Å². The molecule has 34 heavy (non-hydrogen) atoms. The van der Waals surface area contributed by atoms with Crippen LogP contribution in [0.25, 0.3) is 27.9 Å². The number of hydrogen-bond acceptors (Lipinski definition) is 7. The maximum Gasteiger partial charge on any atom is 0.407 e. The van der Waals surface area contributed by atoms with Crippen molar-refractivity contribution in [3.63, 3.8) is 0 Å². The van der Waals surface area contributed by atoms with Gasteiger partial charge in [0, 0.05) is 25.2 Å². The number of hydrogen-bond donors (Lipinski definition) is 2. The summed E-state index contributed by atoms with van der Waals surface area (Å²) in [6.07, 6.45) is 4.69. The fourth-order valence-corrected chi connectivity index (χ4v) is 4.30. The number of aromatic nitrogens is 4. The van der Waals surface area contributed by atoms with E-state index in [9.17, 15) is 9.90 Å². The number of fused-ring (bicyclic) bond motifs is 2. The third-order valence-corrected chi connectivity index (χ3v) is 5.87. The Balaban J connectivity index is 1.38. The van der Waals surface area contributed by atoms with E-state index >= 15 is 0 Å². The highest BCUT2D eigenvalue weighted by Gasteiger charge is 2.25. The first-order valence-electron chi connectivity index (χ1n) is 11.4. The molecule has 0 radical (unpaired) electrons. The summed E-state index contributed by atoms with van der Waals surface area (Å²) >= 11 is 0. The number of piperidine rings is 1. The maximum absolute atomic E-state index is 12.1. The number of ether oxygens (including phenoxy) is 1. The summed E-state index contributed by atoms with van der Waals surface area (Å²) in [6, 6.07) is 11.2. The number of para-hydroxylation sites is 1. The van der Waals surface area contributed by atoms with Crippen LogP contribution in [-0.4, -0.2) is 55.5 Å². The summed E-state index contributed by atoms with van der Waals surface area (Å²) in [5.41, 5.74) is 3.68. The van der Waals surface area contributed by atoms with Crippen LogP contribution >= 0.6 is 0 Å². The van der Waals surface area contributed by atoms with Gasteiger partial charge in [0.2, 0.25) is 0 Å². The minimum atomic E-state index is -0.509. The summed E-state index contributed by atoms with van der Waals surface area (Å²) in [4.78, 5) is 28.4. The molecule has 9 heteroatoms. The van der Waals surface area contributed by atoms with Gasteiger partial charge in [-0.3, -0.25) is 9.55 Å². The van der Waals surface area contributed by atoms with Gasteiger partial charge in [0.15, 0.2) is 5.82 Å². The van der Waals surface area contributed by atoms with Crippen LogP contribution < -0.4 is 10.2 Å². The number of amides is 1. The number of carbonyl (C=O) groups is 1. The smallest absolute Gasteiger partial charge is 0.407 e. The standard InChI is InChI=1S/C25H28N6O3/c1-25(2,3)34-24(33)28-16-9-11-30(12-10-16)21-6-4-5-18-23(21)29-22(14-26-18)31-15-27-19-13-17(32)7-8-20(19)31/h4-8,13-16,32H,9-12H2,1-3H3,(H,28,33). The lowest BCUT2D eigenvalue weighted by Gasteiger charge is -2.34. The summed E-state index contributed by atoms with van der Waals surface area (Å²) in [5.74, 6) is 0.837. The van der Waals surface area contributed by atoms with Crippen LogP contribution in [0.3, 0.4) is 0 Å². The molecule has 0 bridgehead atoms. The first-order valence-corrected chi connectivity index (χ1v) is 11.4. The fourth-order valence-electron chi connectivity index (χ4n) is 4.30. The van der Waals surface area contributed by atoms with Crippen LogP contribution in [0, 0.1) is 0 Å². The highest BCUT2D eigenvalue weighted by atomic mass is 16.6. The van der Waals surface area contributed by atoms with Gasteiger partial charge in [-0.15, -0.1) is 0 Å². The number of benzene rings is 2. The second-order valence-corrected chi connectivity index (χ2v) is 9.57. The molecule has 0 unspecified atom stereocenters. The van der Waals surface area contributed by atoms with Gasteiger partial charge in [0.25, 0.3) is 0 Å². The number of anilines is 1. The molecule has 1 aliphatic rings. The van der Waals surface area contributed by atoms with Crippen molar-refractivity contribution in [1.82, 2.24) is 24.8 Å². The summed E-state index contributed by atoms with van der Waals surface area (Å²) < 4.78 is 7.26. The Bertz CT molecular complexity index is 1350. The lowest BCUT2D eigenvalue weighted by atomic mass is 10.0. The van der Waals surface area contributed by atoms with Gasteiger partial charge < -0.3 is 20.1 Å². The van der Waals surface area contributed by atoms with Gasteiger partial charge >= 0.3 is 6.09 Å². The molecule has 5 rings (SSSR count). The Labute approximate surface area is 197 Å². The average molecular weight is 461 g/mol. The third-order valence-electron chi connectivity index (χ3n) is 5.87. The summed E-state index contributed by atoms with van der Waals surface area (Å²) in [6.45, 7) is 7.17. The number of alkyl carbamates (subject to hydrolysis) is 1. The molecule has 2 N–H and O–H groups in total. The van der Waals surface area contributed by atoms with Crippen LogP contribution in [0.4, 0.5) is 10.5 Å². The lowest BCUT2D eigenvalue weighted by molar-refractivity contribution is 0.0497. The molecule has 4 aromatic rings. The largest absolute Gasteiger partial charge is 0.508 e. The average Bonchev–Trinajstić information content (AvgIpc) is 3.20. The molecule has 1 aliphatic heterocycles. The van der Waals surface area contributed by atoms with E-state index in [2.05, 4.69) is 26.3 Å². The molecule has 2 aromatic carbocycles. The number of rotatable bonds is 3.